The predicted octanol–water partition coefficient (Wildman–Crippen LogP) is 6.59. The van der Waals surface area contributed by atoms with E-state index in [0.29, 0.717) is 11.3 Å². The Morgan fingerprint density at radius 3 is 1.98 bits per heavy atom. The second-order valence-corrected chi connectivity index (χ2v) is 11.0. The Hall–Kier alpha value is -4.31. The summed E-state index contributed by atoms with van der Waals surface area (Å²) in [5, 5.41) is 17.7. The van der Waals surface area contributed by atoms with E-state index in [9.17, 15) is 28.3 Å². The third-order valence-corrected chi connectivity index (χ3v) is 6.19. The summed E-state index contributed by atoms with van der Waals surface area (Å²) in [6.07, 6.45) is -0.891. The summed E-state index contributed by atoms with van der Waals surface area (Å²) in [4.78, 5) is 38.5. The van der Waals surface area contributed by atoms with Gasteiger partial charge in [0.05, 0.1) is 23.0 Å². The van der Waals surface area contributed by atoms with Crippen LogP contribution < -0.4 is 16.0 Å². The number of ether oxygens (including phenoxy) is 1. The minimum Gasteiger partial charge on any atom is -0.480 e. The summed E-state index contributed by atoms with van der Waals surface area (Å²) in [6.45, 7) is 12.4. The maximum Gasteiger partial charge on any atom is 0.328 e. The van der Waals surface area contributed by atoms with Gasteiger partial charge in [0.15, 0.2) is 6.04 Å². The van der Waals surface area contributed by atoms with E-state index in [1.54, 1.807) is 20.8 Å². The van der Waals surface area contributed by atoms with Crippen LogP contribution in [0, 0.1) is 32.4 Å². The van der Waals surface area contributed by atoms with Crippen LogP contribution in [0.3, 0.4) is 0 Å². The average Bonchev–Trinajstić information content (AvgIpc) is 2.82. The molecule has 3 amide bonds. The van der Waals surface area contributed by atoms with Gasteiger partial charge in [0.25, 0.3) is 5.91 Å². The first-order valence-electron chi connectivity index (χ1n) is 13.0. The SMILES string of the molecule is Cc1cc(C)c(NC(=O)Nc2cc(-c3cc(F)cc(F)c3)ccc2C(=O)N[C@H](C(=O)O)[C@@H](C)OC(C)(C)C)c(C)c1. The van der Waals surface area contributed by atoms with Crippen molar-refractivity contribution >= 4 is 29.3 Å². The number of hydrogen-bond donors (Lipinski definition) is 4. The minimum atomic E-state index is -1.40. The van der Waals surface area contributed by atoms with Gasteiger partial charge in [0.2, 0.25) is 0 Å². The molecule has 3 rings (SSSR count). The first-order valence-corrected chi connectivity index (χ1v) is 13.0. The molecule has 0 unspecified atom stereocenters. The number of carboxylic acids is 1. The summed E-state index contributed by atoms with van der Waals surface area (Å²) < 4.78 is 33.6. The van der Waals surface area contributed by atoms with Gasteiger partial charge in [0, 0.05) is 11.8 Å². The van der Waals surface area contributed by atoms with Crippen molar-refractivity contribution in [1.29, 1.82) is 0 Å². The molecule has 0 aliphatic carbocycles. The van der Waals surface area contributed by atoms with E-state index in [0.717, 1.165) is 34.9 Å². The topological polar surface area (TPSA) is 117 Å². The zero-order valence-corrected chi connectivity index (χ0v) is 24.1. The molecule has 0 bridgehead atoms. The average molecular weight is 568 g/mol. The normalized spacial score (nSPS) is 12.8. The molecule has 0 radical (unpaired) electrons. The number of aryl methyl sites for hydroxylation is 3. The molecule has 0 aromatic heterocycles. The van der Waals surface area contributed by atoms with Crippen LogP contribution >= 0.6 is 0 Å². The van der Waals surface area contributed by atoms with Gasteiger partial charge in [-0.05, 0) is 95.0 Å². The number of carbonyl (C=O) groups is 3. The lowest BCUT2D eigenvalue weighted by atomic mass is 10.0. The number of halogens is 2. The molecule has 0 saturated heterocycles. The Balaban J connectivity index is 2.00. The van der Waals surface area contributed by atoms with Crippen LogP contribution in [0.2, 0.25) is 0 Å². The number of nitrogens with one attached hydrogen (secondary N) is 3. The van der Waals surface area contributed by atoms with Gasteiger partial charge in [-0.1, -0.05) is 23.8 Å². The summed E-state index contributed by atoms with van der Waals surface area (Å²) in [5.41, 5.74) is 3.03. The molecule has 0 fully saturated rings. The Morgan fingerprint density at radius 1 is 0.854 bits per heavy atom. The smallest absolute Gasteiger partial charge is 0.328 e. The quantitative estimate of drug-likeness (QED) is 0.245. The van der Waals surface area contributed by atoms with Crippen molar-refractivity contribution in [2.24, 2.45) is 0 Å². The number of amides is 3. The molecule has 0 spiro atoms. The number of aliphatic carboxylic acids is 1. The van der Waals surface area contributed by atoms with Gasteiger partial charge in [-0.15, -0.1) is 0 Å². The van der Waals surface area contributed by atoms with E-state index >= 15 is 0 Å². The van der Waals surface area contributed by atoms with Crippen molar-refractivity contribution in [3.05, 3.63) is 82.4 Å². The van der Waals surface area contributed by atoms with Crippen LogP contribution in [0.4, 0.5) is 25.0 Å². The Labute approximate surface area is 238 Å². The van der Waals surface area contributed by atoms with E-state index in [1.807, 2.05) is 32.9 Å². The number of benzene rings is 3. The van der Waals surface area contributed by atoms with Gasteiger partial charge in [-0.2, -0.15) is 0 Å². The van der Waals surface area contributed by atoms with Crippen LogP contribution in [0.25, 0.3) is 11.1 Å². The van der Waals surface area contributed by atoms with Gasteiger partial charge < -0.3 is 25.8 Å². The maximum absolute atomic E-state index is 13.9. The third-order valence-electron chi connectivity index (χ3n) is 6.19. The lowest BCUT2D eigenvalue weighted by Gasteiger charge is -2.29. The molecular weight excluding hydrogens is 532 g/mol. The molecule has 0 aliphatic rings. The zero-order valence-electron chi connectivity index (χ0n) is 24.1. The molecule has 0 saturated carbocycles. The van der Waals surface area contributed by atoms with Gasteiger partial charge in [-0.25, -0.2) is 18.4 Å². The van der Waals surface area contributed by atoms with Crippen LogP contribution in [0.15, 0.2) is 48.5 Å². The van der Waals surface area contributed by atoms with Crippen molar-refractivity contribution < 1.29 is 33.0 Å². The fourth-order valence-corrected chi connectivity index (χ4v) is 4.61. The summed E-state index contributed by atoms with van der Waals surface area (Å²) >= 11 is 0. The molecule has 4 N–H and O–H groups in total. The van der Waals surface area contributed by atoms with Crippen molar-refractivity contribution in [3.63, 3.8) is 0 Å². The number of hydrogen-bond acceptors (Lipinski definition) is 4. The number of rotatable bonds is 8. The number of anilines is 2. The highest BCUT2D eigenvalue weighted by Crippen LogP contribution is 2.29. The summed E-state index contributed by atoms with van der Waals surface area (Å²) in [7, 11) is 0. The lowest BCUT2D eigenvalue weighted by Crippen LogP contribution is -2.50. The second kappa shape index (κ2) is 12.5. The first-order chi connectivity index (χ1) is 19.0. The van der Waals surface area contributed by atoms with Crippen molar-refractivity contribution in [3.8, 4) is 11.1 Å². The highest BCUT2D eigenvalue weighted by Gasteiger charge is 2.31. The first kappa shape index (κ1) is 31.2. The Kier molecular flexibility index (Phi) is 9.49. The number of urea groups is 1. The Bertz CT molecular complexity index is 1440. The molecule has 0 aliphatic heterocycles. The van der Waals surface area contributed by atoms with Crippen LogP contribution in [-0.2, 0) is 9.53 Å². The van der Waals surface area contributed by atoms with E-state index in [-0.39, 0.29) is 16.8 Å². The largest absolute Gasteiger partial charge is 0.480 e. The second-order valence-electron chi connectivity index (χ2n) is 11.0. The highest BCUT2D eigenvalue weighted by molar-refractivity contribution is 6.08. The molecular formula is C31H35F2N3O5. The van der Waals surface area contributed by atoms with Crippen LogP contribution in [0.5, 0.6) is 0 Å². The Morgan fingerprint density at radius 2 is 1.44 bits per heavy atom. The van der Waals surface area contributed by atoms with Gasteiger partial charge in [-0.3, -0.25) is 4.79 Å². The fourth-order valence-electron chi connectivity index (χ4n) is 4.61. The molecule has 3 aromatic carbocycles. The van der Waals surface area contributed by atoms with Crippen molar-refractivity contribution in [2.75, 3.05) is 10.6 Å². The maximum atomic E-state index is 13.9. The molecule has 8 nitrogen and oxygen atoms in total. The molecule has 41 heavy (non-hydrogen) atoms. The molecule has 3 aromatic rings. The third kappa shape index (κ3) is 8.34. The molecule has 2 atom stereocenters. The molecule has 0 heterocycles. The predicted molar refractivity (Wildman–Crippen MR) is 154 cm³/mol. The van der Waals surface area contributed by atoms with Gasteiger partial charge >= 0.3 is 12.0 Å². The minimum absolute atomic E-state index is 0.00174. The van der Waals surface area contributed by atoms with E-state index in [4.69, 9.17) is 4.74 Å². The number of carbonyl (C=O) groups excluding carboxylic acids is 2. The summed E-state index contributed by atoms with van der Waals surface area (Å²) in [6, 6.07) is 8.90. The van der Waals surface area contributed by atoms with Gasteiger partial charge in [0.1, 0.15) is 11.6 Å². The highest BCUT2D eigenvalue weighted by atomic mass is 19.1. The standard InChI is InChI=1S/C31H35F2N3O5/c1-16-10-17(2)26(18(3)11-16)36-30(40)34-25-14-20(21-12-22(32)15-23(33)13-21)8-9-24(25)28(37)35-27(29(38)39)19(4)41-31(5,6)7/h8-15,19,27H,1-7H3,(H,35,37)(H,38,39)(H2,34,36,40)/t19-,27+/m1/s1. The fraction of sp³-hybridized carbons (Fsp3) is 0.323. The zero-order chi connectivity index (χ0) is 30.6. The number of carboxylic acid groups (broad SMARTS) is 1. The lowest BCUT2D eigenvalue weighted by molar-refractivity contribution is -0.146. The van der Waals surface area contributed by atoms with E-state index in [1.165, 1.54) is 25.1 Å². The molecule has 10 heteroatoms. The van der Waals surface area contributed by atoms with Crippen molar-refractivity contribution in [2.45, 2.75) is 66.2 Å². The van der Waals surface area contributed by atoms with E-state index in [2.05, 4.69) is 16.0 Å². The monoisotopic (exact) mass is 567 g/mol. The van der Waals surface area contributed by atoms with Crippen LogP contribution in [-0.4, -0.2) is 40.8 Å². The van der Waals surface area contributed by atoms with Crippen molar-refractivity contribution in [1.82, 2.24) is 5.32 Å². The molecule has 218 valence electrons. The van der Waals surface area contributed by atoms with E-state index < -0.39 is 47.3 Å². The summed E-state index contributed by atoms with van der Waals surface area (Å²) in [5.74, 6) is -3.69. The van der Waals surface area contributed by atoms with Crippen LogP contribution in [0.1, 0.15) is 54.7 Å².